The van der Waals surface area contributed by atoms with Crippen LogP contribution in [-0.4, -0.2) is 52.2 Å². The van der Waals surface area contributed by atoms with Gasteiger partial charge in [-0.15, -0.1) is 11.6 Å². The highest BCUT2D eigenvalue weighted by Crippen LogP contribution is 2.41. The van der Waals surface area contributed by atoms with Gasteiger partial charge in [-0.2, -0.15) is 0 Å². The molecule has 0 saturated carbocycles. The molecule has 1 rings (SSSR count). The van der Waals surface area contributed by atoms with E-state index >= 15 is 0 Å². The molecule has 0 radical (unpaired) electrons. The van der Waals surface area contributed by atoms with Gasteiger partial charge < -0.3 is 18.7 Å². The minimum Gasteiger partial charge on any atom is -0.414 e. The Morgan fingerprint density at radius 3 is 1.83 bits per heavy atom. The molecule has 1 saturated heterocycles. The maximum Gasteiger partial charge on any atom is 0.192 e. The Balaban J connectivity index is 2.86. The van der Waals surface area contributed by atoms with Crippen LogP contribution in [0.2, 0.25) is 36.3 Å². The van der Waals surface area contributed by atoms with Crippen molar-refractivity contribution in [1.82, 2.24) is 0 Å². The van der Waals surface area contributed by atoms with Crippen LogP contribution in [0.3, 0.4) is 0 Å². The van der Waals surface area contributed by atoms with Gasteiger partial charge >= 0.3 is 0 Å². The number of ether oxygens (including phenoxy) is 1. The Morgan fingerprint density at radius 2 is 1.42 bits per heavy atom. The average Bonchev–Trinajstić information content (AvgIpc) is 2.61. The van der Waals surface area contributed by atoms with Gasteiger partial charge in [0.25, 0.3) is 0 Å². The van der Waals surface area contributed by atoms with E-state index in [2.05, 4.69) is 67.7 Å². The van der Waals surface area contributed by atoms with Gasteiger partial charge in [-0.05, 0) is 36.3 Å². The van der Waals surface area contributed by atoms with Gasteiger partial charge in [-0.1, -0.05) is 41.5 Å². The highest BCUT2D eigenvalue weighted by atomic mass is 35.5. The molecule has 1 fully saturated rings. The summed E-state index contributed by atoms with van der Waals surface area (Å²) in [6.45, 7) is 22.4. The first-order valence-electron chi connectivity index (χ1n) is 8.79. The minimum absolute atomic E-state index is 0.0714. The molecule has 1 N–H and O–H groups in total. The van der Waals surface area contributed by atoms with Crippen LogP contribution in [0.25, 0.3) is 0 Å². The van der Waals surface area contributed by atoms with Crippen LogP contribution in [0.1, 0.15) is 41.5 Å². The zero-order chi connectivity index (χ0) is 19.1. The Hall–Kier alpha value is 0.564. The maximum absolute atomic E-state index is 10.1. The van der Waals surface area contributed by atoms with Crippen LogP contribution in [0.5, 0.6) is 0 Å². The smallest absolute Gasteiger partial charge is 0.192 e. The van der Waals surface area contributed by atoms with Crippen molar-refractivity contribution in [1.29, 1.82) is 0 Å². The second-order valence-corrected chi connectivity index (χ2v) is 20.0. The molecule has 1 heterocycles. The molecule has 7 heteroatoms. The predicted molar refractivity (Wildman–Crippen MR) is 106 cm³/mol. The zero-order valence-corrected chi connectivity index (χ0v) is 19.8. The molecule has 0 unspecified atom stereocenters. The van der Waals surface area contributed by atoms with E-state index in [9.17, 15) is 5.11 Å². The second-order valence-electron chi connectivity index (χ2n) is 9.92. The molecule has 0 aromatic heterocycles. The number of hydrogen-bond acceptors (Lipinski definition) is 4. The fourth-order valence-electron chi connectivity index (χ4n) is 2.00. The summed E-state index contributed by atoms with van der Waals surface area (Å²) in [5, 5.41) is 9.70. The lowest BCUT2D eigenvalue weighted by atomic mass is 10.2. The second kappa shape index (κ2) is 7.29. The average molecular weight is 397 g/mol. The van der Waals surface area contributed by atoms with Gasteiger partial charge in [0.1, 0.15) is 11.5 Å². The number of alkyl halides is 1. The molecule has 24 heavy (non-hydrogen) atoms. The number of halogens is 1. The monoisotopic (exact) mass is 396 g/mol. The van der Waals surface area contributed by atoms with Crippen molar-refractivity contribution >= 4 is 28.2 Å². The molecule has 1 aliphatic rings. The van der Waals surface area contributed by atoms with E-state index in [1.54, 1.807) is 0 Å². The van der Waals surface area contributed by atoms with E-state index in [-0.39, 0.29) is 22.3 Å². The Morgan fingerprint density at radius 1 is 0.958 bits per heavy atom. The van der Waals surface area contributed by atoms with E-state index in [0.29, 0.717) is 6.61 Å². The first kappa shape index (κ1) is 22.6. The van der Waals surface area contributed by atoms with E-state index in [0.717, 1.165) is 0 Å². The summed E-state index contributed by atoms with van der Waals surface area (Å²) in [5.41, 5.74) is 0. The molecular weight excluding hydrogens is 360 g/mol. The van der Waals surface area contributed by atoms with Gasteiger partial charge in [0.2, 0.25) is 0 Å². The standard InChI is InChI=1S/C17H37ClO4Si2/c1-16(2,3)23(7,8)20-11-12-14(13(18)15(19)21-12)22-24(9,10)17(4,5)6/h12-15,19H,11H2,1-10H3/t12-,13+,14-,15+/m1/s1. The summed E-state index contributed by atoms with van der Waals surface area (Å²) < 4.78 is 18.4. The largest absolute Gasteiger partial charge is 0.414 e. The number of hydrogen-bond donors (Lipinski definition) is 1. The first-order chi connectivity index (χ1) is 10.5. The highest BCUT2D eigenvalue weighted by Gasteiger charge is 2.50. The van der Waals surface area contributed by atoms with Crippen molar-refractivity contribution in [2.75, 3.05) is 6.61 Å². The van der Waals surface area contributed by atoms with E-state index in [4.69, 9.17) is 25.2 Å². The van der Waals surface area contributed by atoms with Gasteiger partial charge in [0.15, 0.2) is 22.9 Å². The third-order valence-corrected chi connectivity index (χ3v) is 15.4. The molecule has 0 bridgehead atoms. The Kier molecular flexibility index (Phi) is 6.87. The van der Waals surface area contributed by atoms with E-state index in [1.807, 2.05) is 0 Å². The van der Waals surface area contributed by atoms with Crippen molar-refractivity contribution in [3.05, 3.63) is 0 Å². The van der Waals surface area contributed by atoms with Crippen LogP contribution < -0.4 is 0 Å². The molecule has 0 aliphatic carbocycles. The summed E-state index contributed by atoms with van der Waals surface area (Å²) in [7, 11) is -3.90. The van der Waals surface area contributed by atoms with Crippen LogP contribution in [0.4, 0.5) is 0 Å². The predicted octanol–water partition coefficient (Wildman–Crippen LogP) is 4.72. The Labute approximate surface area is 155 Å². The van der Waals surface area contributed by atoms with Crippen LogP contribution in [-0.2, 0) is 13.6 Å². The SMILES string of the molecule is CC(C)(C)[Si](C)(C)OC[C@H]1O[C@H](O)[C@@H](Cl)[C@@H]1O[Si](C)(C)C(C)(C)C. The molecule has 0 spiro atoms. The highest BCUT2D eigenvalue weighted by molar-refractivity contribution is 6.74. The number of aliphatic hydroxyl groups excluding tert-OH is 1. The Bertz CT molecular complexity index is 429. The van der Waals surface area contributed by atoms with Crippen LogP contribution >= 0.6 is 11.6 Å². The fourth-order valence-corrected chi connectivity index (χ4v) is 4.70. The van der Waals surface area contributed by atoms with Crippen molar-refractivity contribution in [2.45, 2.75) is 102 Å². The van der Waals surface area contributed by atoms with Gasteiger partial charge in [0.05, 0.1) is 12.7 Å². The lowest BCUT2D eigenvalue weighted by Crippen LogP contribution is -2.50. The van der Waals surface area contributed by atoms with Crippen molar-refractivity contribution < 1.29 is 18.7 Å². The topological polar surface area (TPSA) is 47.9 Å². The van der Waals surface area contributed by atoms with Crippen molar-refractivity contribution in [2.24, 2.45) is 0 Å². The third-order valence-electron chi connectivity index (χ3n) is 5.92. The summed E-state index contributed by atoms with van der Waals surface area (Å²) in [4.78, 5) is 0. The van der Waals surface area contributed by atoms with Crippen LogP contribution in [0, 0.1) is 0 Å². The molecular formula is C17H37ClO4Si2. The third kappa shape index (κ3) is 5.05. The van der Waals surface area contributed by atoms with Crippen molar-refractivity contribution in [3.63, 3.8) is 0 Å². The zero-order valence-electron chi connectivity index (χ0n) is 17.1. The van der Waals surface area contributed by atoms with Gasteiger partial charge in [-0.3, -0.25) is 0 Å². The first-order valence-corrected chi connectivity index (χ1v) is 15.0. The van der Waals surface area contributed by atoms with Gasteiger partial charge in [0, 0.05) is 0 Å². The summed E-state index contributed by atoms with van der Waals surface area (Å²) in [6.07, 6.45) is -1.67. The number of aliphatic hydroxyl groups is 1. The number of rotatable bonds is 5. The lowest BCUT2D eigenvalue weighted by molar-refractivity contribution is -0.104. The fraction of sp³-hybridized carbons (Fsp3) is 1.00. The molecule has 144 valence electrons. The summed E-state index contributed by atoms with van der Waals surface area (Å²) in [6, 6.07) is 0. The van der Waals surface area contributed by atoms with Crippen LogP contribution in [0.15, 0.2) is 0 Å². The van der Waals surface area contributed by atoms with E-state index in [1.165, 1.54) is 0 Å². The van der Waals surface area contributed by atoms with Crippen molar-refractivity contribution in [3.8, 4) is 0 Å². The molecule has 4 nitrogen and oxygen atoms in total. The summed E-state index contributed by atoms with van der Waals surface area (Å²) in [5.74, 6) is 0. The normalized spacial score (nSPS) is 30.0. The molecule has 0 aromatic carbocycles. The molecule has 1 aliphatic heterocycles. The van der Waals surface area contributed by atoms with Gasteiger partial charge in [-0.25, -0.2) is 0 Å². The van der Waals surface area contributed by atoms with E-state index < -0.39 is 28.3 Å². The maximum atomic E-state index is 10.1. The molecule has 4 atom stereocenters. The quantitative estimate of drug-likeness (QED) is 0.539. The summed E-state index contributed by atoms with van der Waals surface area (Å²) >= 11 is 6.40. The molecule has 0 aromatic rings. The minimum atomic E-state index is -2.01. The lowest BCUT2D eigenvalue weighted by Gasteiger charge is -2.41. The molecule has 0 amide bonds.